The van der Waals surface area contributed by atoms with Crippen molar-refractivity contribution < 1.29 is 9.59 Å². The van der Waals surface area contributed by atoms with E-state index in [2.05, 4.69) is 41.7 Å². The van der Waals surface area contributed by atoms with E-state index in [1.165, 1.54) is 0 Å². The van der Waals surface area contributed by atoms with Crippen molar-refractivity contribution in [1.29, 1.82) is 0 Å². The predicted octanol–water partition coefficient (Wildman–Crippen LogP) is 2.74. The number of hydrogen-bond donors (Lipinski definition) is 3. The molecule has 0 fully saturated rings. The van der Waals surface area contributed by atoms with E-state index >= 15 is 0 Å². The van der Waals surface area contributed by atoms with Crippen LogP contribution in [-0.4, -0.2) is 59.6 Å². The van der Waals surface area contributed by atoms with Gasteiger partial charge in [-0.15, -0.1) is 0 Å². The lowest BCUT2D eigenvalue weighted by Gasteiger charge is -2.39. The molecule has 0 saturated carbocycles. The molecule has 0 spiro atoms. The maximum atomic E-state index is 13.5. The highest BCUT2D eigenvalue weighted by atomic mass is 32.2. The summed E-state index contributed by atoms with van der Waals surface area (Å²) in [6.45, 7) is 5.97. The Bertz CT molecular complexity index is 669. The van der Waals surface area contributed by atoms with Gasteiger partial charge in [0.1, 0.15) is 6.04 Å². The predicted molar refractivity (Wildman–Crippen MR) is 126 cm³/mol. The highest BCUT2D eigenvalue weighted by Gasteiger charge is 2.37. The summed E-state index contributed by atoms with van der Waals surface area (Å²) in [4.78, 5) is 28.3. The first-order valence-corrected chi connectivity index (χ1v) is 12.5. The first-order chi connectivity index (χ1) is 14.0. The van der Waals surface area contributed by atoms with Crippen molar-refractivity contribution in [3.8, 4) is 0 Å². The molecule has 2 amide bonds. The van der Waals surface area contributed by atoms with Crippen LogP contribution in [-0.2, 0) is 22.6 Å². The normalized spacial score (nSPS) is 17.1. The van der Waals surface area contributed by atoms with Gasteiger partial charge in [-0.2, -0.15) is 24.4 Å². The number of rotatable bonds is 11. The maximum Gasteiger partial charge on any atom is 0.243 e. The van der Waals surface area contributed by atoms with E-state index in [-0.39, 0.29) is 23.8 Å². The SMILES string of the molecule is CSCCCNC(=O)C1Cc2ccccc2CN1C(=O)[C@@H](NCCCS)C(C)C. The number of carbonyl (C=O) groups excluding carboxylic acids is 2. The van der Waals surface area contributed by atoms with E-state index in [1.807, 2.05) is 26.0 Å². The van der Waals surface area contributed by atoms with Gasteiger partial charge in [-0.1, -0.05) is 38.1 Å². The smallest absolute Gasteiger partial charge is 0.243 e. The second kappa shape index (κ2) is 12.5. The highest BCUT2D eigenvalue weighted by Crippen LogP contribution is 2.25. The third-order valence-electron chi connectivity index (χ3n) is 5.29. The van der Waals surface area contributed by atoms with Crippen LogP contribution < -0.4 is 10.6 Å². The van der Waals surface area contributed by atoms with Gasteiger partial charge in [0.15, 0.2) is 0 Å². The number of thiol groups is 1. The molecule has 2 N–H and O–H groups in total. The molecule has 0 saturated heterocycles. The molecular weight excluding hydrogens is 402 g/mol. The average molecular weight is 438 g/mol. The molecule has 1 heterocycles. The second-order valence-corrected chi connectivity index (χ2v) is 9.28. The van der Waals surface area contributed by atoms with Gasteiger partial charge in [0, 0.05) is 19.5 Å². The molecule has 1 aliphatic rings. The molecule has 0 aromatic heterocycles. The van der Waals surface area contributed by atoms with Gasteiger partial charge in [0.05, 0.1) is 6.04 Å². The Hall–Kier alpha value is -1.18. The van der Waals surface area contributed by atoms with E-state index in [4.69, 9.17) is 0 Å². The molecule has 162 valence electrons. The van der Waals surface area contributed by atoms with E-state index in [1.54, 1.807) is 16.7 Å². The first-order valence-electron chi connectivity index (χ1n) is 10.5. The molecule has 1 aromatic rings. The Morgan fingerprint density at radius 1 is 1.21 bits per heavy atom. The molecule has 1 unspecified atom stereocenters. The van der Waals surface area contributed by atoms with Crippen LogP contribution in [0.15, 0.2) is 24.3 Å². The van der Waals surface area contributed by atoms with Crippen molar-refractivity contribution in [1.82, 2.24) is 15.5 Å². The van der Waals surface area contributed by atoms with Crippen LogP contribution in [0, 0.1) is 5.92 Å². The number of carbonyl (C=O) groups is 2. The number of thioether (sulfide) groups is 1. The zero-order chi connectivity index (χ0) is 21.2. The average Bonchev–Trinajstić information content (AvgIpc) is 2.72. The van der Waals surface area contributed by atoms with Gasteiger partial charge in [-0.25, -0.2) is 0 Å². The second-order valence-electron chi connectivity index (χ2n) is 7.85. The zero-order valence-electron chi connectivity index (χ0n) is 17.8. The molecule has 2 rings (SSSR count). The Morgan fingerprint density at radius 3 is 2.59 bits per heavy atom. The summed E-state index contributed by atoms with van der Waals surface area (Å²) < 4.78 is 0. The third kappa shape index (κ3) is 6.93. The lowest BCUT2D eigenvalue weighted by Crippen LogP contribution is -2.58. The molecule has 5 nitrogen and oxygen atoms in total. The zero-order valence-corrected chi connectivity index (χ0v) is 19.5. The minimum absolute atomic E-state index is 0.0120. The van der Waals surface area contributed by atoms with Crippen LogP contribution in [0.25, 0.3) is 0 Å². The molecule has 1 aromatic carbocycles. The number of fused-ring (bicyclic) bond motifs is 1. The number of nitrogens with zero attached hydrogens (tertiary/aromatic N) is 1. The monoisotopic (exact) mass is 437 g/mol. The Labute approximate surface area is 185 Å². The van der Waals surface area contributed by atoms with Gasteiger partial charge >= 0.3 is 0 Å². The molecular formula is C22H35N3O2S2. The number of nitrogens with one attached hydrogen (secondary N) is 2. The van der Waals surface area contributed by atoms with Gasteiger partial charge < -0.3 is 15.5 Å². The lowest BCUT2D eigenvalue weighted by molar-refractivity contribution is -0.144. The Kier molecular flexibility index (Phi) is 10.4. The number of amides is 2. The van der Waals surface area contributed by atoms with Crippen molar-refractivity contribution in [2.24, 2.45) is 5.92 Å². The largest absolute Gasteiger partial charge is 0.354 e. The van der Waals surface area contributed by atoms with E-state index in [0.717, 1.165) is 42.0 Å². The molecule has 0 radical (unpaired) electrons. The van der Waals surface area contributed by atoms with Crippen LogP contribution >= 0.6 is 24.4 Å². The van der Waals surface area contributed by atoms with E-state index < -0.39 is 6.04 Å². The Balaban J connectivity index is 2.18. The van der Waals surface area contributed by atoms with Crippen molar-refractivity contribution in [2.45, 2.75) is 51.7 Å². The topological polar surface area (TPSA) is 61.4 Å². The first kappa shape index (κ1) is 24.1. The van der Waals surface area contributed by atoms with Crippen molar-refractivity contribution in [3.05, 3.63) is 35.4 Å². The van der Waals surface area contributed by atoms with Gasteiger partial charge in [0.2, 0.25) is 11.8 Å². The fourth-order valence-corrected chi connectivity index (χ4v) is 4.25. The third-order valence-corrected chi connectivity index (χ3v) is 6.30. The number of benzene rings is 1. The molecule has 0 aliphatic carbocycles. The van der Waals surface area contributed by atoms with Crippen LogP contribution in [0.1, 0.15) is 37.8 Å². The summed E-state index contributed by atoms with van der Waals surface area (Å²) in [5.74, 6) is 1.90. The molecule has 0 bridgehead atoms. The van der Waals surface area contributed by atoms with E-state index in [9.17, 15) is 9.59 Å². The van der Waals surface area contributed by atoms with Gasteiger partial charge in [0.25, 0.3) is 0 Å². The summed E-state index contributed by atoms with van der Waals surface area (Å²) in [6, 6.07) is 7.36. The minimum atomic E-state index is -0.459. The van der Waals surface area contributed by atoms with Crippen molar-refractivity contribution in [3.63, 3.8) is 0 Å². The van der Waals surface area contributed by atoms with Crippen molar-refractivity contribution >= 4 is 36.2 Å². The van der Waals surface area contributed by atoms with Crippen LogP contribution in [0.2, 0.25) is 0 Å². The standard InChI is InChI=1S/C22H35N3O2S2/c1-16(2)20(23-10-6-12-28)22(27)25-15-18-9-5-4-8-17(18)14-19(25)21(26)24-11-7-13-29-3/h4-5,8-9,16,19-20,23,28H,6-7,10-15H2,1-3H3,(H,24,26)/t19?,20-/m0/s1. The summed E-state index contributed by atoms with van der Waals surface area (Å²) in [7, 11) is 0. The summed E-state index contributed by atoms with van der Waals surface area (Å²) in [5, 5.41) is 6.43. The van der Waals surface area contributed by atoms with Crippen molar-refractivity contribution in [2.75, 3.05) is 30.9 Å². The molecule has 7 heteroatoms. The lowest BCUT2D eigenvalue weighted by atomic mass is 9.91. The van der Waals surface area contributed by atoms with Gasteiger partial charge in [-0.3, -0.25) is 9.59 Å². The molecule has 1 aliphatic heterocycles. The van der Waals surface area contributed by atoms with Gasteiger partial charge in [-0.05, 0) is 54.2 Å². The van der Waals surface area contributed by atoms with E-state index in [0.29, 0.717) is 19.5 Å². The van der Waals surface area contributed by atoms with Crippen LogP contribution in [0.3, 0.4) is 0 Å². The van der Waals surface area contributed by atoms with Crippen LogP contribution in [0.5, 0.6) is 0 Å². The molecule has 2 atom stereocenters. The fourth-order valence-electron chi connectivity index (χ4n) is 3.66. The Morgan fingerprint density at radius 2 is 1.93 bits per heavy atom. The quantitative estimate of drug-likeness (QED) is 0.368. The summed E-state index contributed by atoms with van der Waals surface area (Å²) in [6.07, 6.45) is 4.47. The summed E-state index contributed by atoms with van der Waals surface area (Å²) >= 11 is 6.03. The number of hydrogen-bond acceptors (Lipinski definition) is 5. The fraction of sp³-hybridized carbons (Fsp3) is 0.636. The summed E-state index contributed by atoms with van der Waals surface area (Å²) in [5.41, 5.74) is 2.29. The van der Waals surface area contributed by atoms with Crippen LogP contribution in [0.4, 0.5) is 0 Å². The maximum absolute atomic E-state index is 13.5. The molecule has 29 heavy (non-hydrogen) atoms. The minimum Gasteiger partial charge on any atom is -0.354 e. The highest BCUT2D eigenvalue weighted by molar-refractivity contribution is 7.98.